The lowest BCUT2D eigenvalue weighted by atomic mass is 9.72. The van der Waals surface area contributed by atoms with E-state index in [0.29, 0.717) is 11.7 Å². The molecule has 1 aliphatic heterocycles. The lowest BCUT2D eigenvalue weighted by Gasteiger charge is -2.38. The fourth-order valence-electron chi connectivity index (χ4n) is 5.73. The van der Waals surface area contributed by atoms with Crippen molar-refractivity contribution >= 4 is 28.4 Å². The molecule has 0 amide bonds. The van der Waals surface area contributed by atoms with E-state index >= 15 is 0 Å². The van der Waals surface area contributed by atoms with E-state index in [-0.39, 0.29) is 5.92 Å². The van der Waals surface area contributed by atoms with Gasteiger partial charge in [-0.1, -0.05) is 25.7 Å². The number of rotatable bonds is 4. The van der Waals surface area contributed by atoms with Gasteiger partial charge in [-0.25, -0.2) is 4.68 Å². The first-order valence-corrected chi connectivity index (χ1v) is 12.3. The maximum Gasteiger partial charge on any atom is 0.171 e. The number of nitrogens with zero attached hydrogens (tertiary/aromatic N) is 3. The van der Waals surface area contributed by atoms with Crippen molar-refractivity contribution in [2.45, 2.75) is 51.4 Å². The molecule has 5 rings (SSSR count). The van der Waals surface area contributed by atoms with Crippen molar-refractivity contribution in [3.63, 3.8) is 0 Å². The molecule has 2 atom stereocenters. The van der Waals surface area contributed by atoms with E-state index in [1.807, 2.05) is 0 Å². The molecule has 5 heteroatoms. The van der Waals surface area contributed by atoms with Crippen LogP contribution in [0.15, 0.2) is 24.3 Å². The third kappa shape index (κ3) is 3.80. The highest BCUT2D eigenvalue weighted by Gasteiger charge is 2.42. The topological polar surface area (TPSA) is 38.1 Å². The standard InChI is InChI=1S/C24H30IN3O/c1-27-13-12-17-14-22-23(24(29)20(17)15-27)21(11-6-16-4-2-3-5-16)26-28(22)19-9-7-18(25)8-10-19/h7-10,16-17,20H,2-6,11-15H2,1H3. The highest BCUT2D eigenvalue weighted by molar-refractivity contribution is 14.1. The number of carbonyl (C=O) groups is 1. The molecule has 0 N–H and O–H groups in total. The van der Waals surface area contributed by atoms with Gasteiger partial charge in [-0.15, -0.1) is 0 Å². The number of aryl methyl sites for hydroxylation is 1. The number of Topliss-reactive ketones (excluding diaryl/α,β-unsaturated/α-hetero) is 1. The van der Waals surface area contributed by atoms with Crippen LogP contribution in [0.3, 0.4) is 0 Å². The summed E-state index contributed by atoms with van der Waals surface area (Å²) in [6.45, 7) is 2.00. The molecule has 0 bridgehead atoms. The number of fused-ring (bicyclic) bond motifs is 2. The fraction of sp³-hybridized carbons (Fsp3) is 0.583. The summed E-state index contributed by atoms with van der Waals surface area (Å²) in [5.74, 6) is 1.80. The Bertz CT molecular complexity index is 898. The molecule has 29 heavy (non-hydrogen) atoms. The number of benzene rings is 1. The van der Waals surface area contributed by atoms with Crippen molar-refractivity contribution in [3.05, 3.63) is 44.8 Å². The molecule has 2 aliphatic carbocycles. The second-order valence-electron chi connectivity index (χ2n) is 9.33. The Morgan fingerprint density at radius 3 is 2.66 bits per heavy atom. The van der Waals surface area contributed by atoms with Gasteiger partial charge in [-0.2, -0.15) is 5.10 Å². The number of hydrogen-bond acceptors (Lipinski definition) is 3. The van der Waals surface area contributed by atoms with Crippen LogP contribution in [0.4, 0.5) is 0 Å². The summed E-state index contributed by atoms with van der Waals surface area (Å²) < 4.78 is 3.32. The van der Waals surface area contributed by atoms with Crippen molar-refractivity contribution < 1.29 is 4.79 Å². The summed E-state index contributed by atoms with van der Waals surface area (Å²) in [5.41, 5.74) is 4.29. The Hall–Kier alpha value is -1.21. The van der Waals surface area contributed by atoms with Gasteiger partial charge >= 0.3 is 0 Å². The zero-order valence-electron chi connectivity index (χ0n) is 17.2. The number of piperidine rings is 1. The van der Waals surface area contributed by atoms with Gasteiger partial charge in [0.1, 0.15) is 0 Å². The lowest BCUT2D eigenvalue weighted by Crippen LogP contribution is -2.45. The van der Waals surface area contributed by atoms with E-state index in [1.54, 1.807) is 0 Å². The highest BCUT2D eigenvalue weighted by atomic mass is 127. The molecular weight excluding hydrogens is 473 g/mol. The van der Waals surface area contributed by atoms with E-state index in [9.17, 15) is 4.79 Å². The molecule has 2 aromatic rings. The Balaban J connectivity index is 1.53. The maximum absolute atomic E-state index is 13.6. The van der Waals surface area contributed by atoms with E-state index in [2.05, 4.69) is 63.5 Å². The molecular formula is C24H30IN3O. The molecule has 0 spiro atoms. The summed E-state index contributed by atoms with van der Waals surface area (Å²) in [5, 5.41) is 5.06. The van der Waals surface area contributed by atoms with Crippen LogP contribution in [0.25, 0.3) is 5.69 Å². The Morgan fingerprint density at radius 1 is 1.14 bits per heavy atom. The first-order chi connectivity index (χ1) is 14.1. The second kappa shape index (κ2) is 8.14. The highest BCUT2D eigenvalue weighted by Crippen LogP contribution is 2.39. The second-order valence-corrected chi connectivity index (χ2v) is 10.6. The van der Waals surface area contributed by atoms with Crippen molar-refractivity contribution in [1.82, 2.24) is 14.7 Å². The largest absolute Gasteiger partial charge is 0.306 e. The molecule has 3 aliphatic rings. The molecule has 2 fully saturated rings. The maximum atomic E-state index is 13.6. The molecule has 1 aromatic carbocycles. The average Bonchev–Trinajstić information content (AvgIpc) is 3.36. The first-order valence-electron chi connectivity index (χ1n) is 11.2. The number of likely N-dealkylation sites (tertiary alicyclic amines) is 1. The van der Waals surface area contributed by atoms with Gasteiger partial charge in [-0.05, 0) is 98.0 Å². The van der Waals surface area contributed by atoms with Crippen LogP contribution in [-0.4, -0.2) is 40.6 Å². The monoisotopic (exact) mass is 503 g/mol. The SMILES string of the molecule is CN1CCC2Cc3c(c(CCC4CCCC4)nn3-c3ccc(I)cc3)C(=O)C2C1. The number of carbonyl (C=O) groups excluding carboxylic acids is 1. The summed E-state index contributed by atoms with van der Waals surface area (Å²) in [6, 6.07) is 8.54. The first kappa shape index (κ1) is 19.7. The van der Waals surface area contributed by atoms with Crippen LogP contribution < -0.4 is 0 Å². The average molecular weight is 503 g/mol. The van der Waals surface area contributed by atoms with Crippen LogP contribution in [0.1, 0.15) is 60.3 Å². The molecule has 1 saturated carbocycles. The number of hydrogen-bond donors (Lipinski definition) is 0. The zero-order valence-corrected chi connectivity index (χ0v) is 19.4. The summed E-state index contributed by atoms with van der Waals surface area (Å²) >= 11 is 2.34. The summed E-state index contributed by atoms with van der Waals surface area (Å²) in [4.78, 5) is 16.0. The van der Waals surface area contributed by atoms with Crippen LogP contribution in [0, 0.1) is 21.3 Å². The minimum atomic E-state index is 0.154. The Morgan fingerprint density at radius 2 is 1.90 bits per heavy atom. The number of aromatic nitrogens is 2. The van der Waals surface area contributed by atoms with Crippen molar-refractivity contribution in [3.8, 4) is 5.69 Å². The minimum Gasteiger partial charge on any atom is -0.306 e. The van der Waals surface area contributed by atoms with Crippen molar-refractivity contribution in [2.24, 2.45) is 17.8 Å². The zero-order chi connectivity index (χ0) is 20.0. The minimum absolute atomic E-state index is 0.154. The van der Waals surface area contributed by atoms with Gasteiger partial charge in [0, 0.05) is 16.0 Å². The molecule has 0 radical (unpaired) electrons. The van der Waals surface area contributed by atoms with Gasteiger partial charge in [0.05, 0.1) is 22.6 Å². The van der Waals surface area contributed by atoms with Gasteiger partial charge in [-0.3, -0.25) is 4.79 Å². The smallest absolute Gasteiger partial charge is 0.171 e. The fourth-order valence-corrected chi connectivity index (χ4v) is 6.09. The van der Waals surface area contributed by atoms with E-state index < -0.39 is 0 Å². The van der Waals surface area contributed by atoms with E-state index in [4.69, 9.17) is 5.10 Å². The number of halogens is 1. The summed E-state index contributed by atoms with van der Waals surface area (Å²) in [6.07, 6.45) is 9.67. The third-order valence-corrected chi connectivity index (χ3v) is 8.11. The predicted molar refractivity (Wildman–Crippen MR) is 124 cm³/mol. The van der Waals surface area contributed by atoms with Gasteiger partial charge in [0.2, 0.25) is 0 Å². The van der Waals surface area contributed by atoms with Gasteiger partial charge in [0.25, 0.3) is 0 Å². The Kier molecular flexibility index (Phi) is 5.54. The van der Waals surface area contributed by atoms with E-state index in [1.165, 1.54) is 41.4 Å². The third-order valence-electron chi connectivity index (χ3n) is 7.39. The van der Waals surface area contributed by atoms with Crippen LogP contribution in [0.2, 0.25) is 0 Å². The predicted octanol–water partition coefficient (Wildman–Crippen LogP) is 4.91. The van der Waals surface area contributed by atoms with Crippen LogP contribution >= 0.6 is 22.6 Å². The van der Waals surface area contributed by atoms with E-state index in [0.717, 1.165) is 55.2 Å². The van der Waals surface area contributed by atoms with Gasteiger partial charge in [0.15, 0.2) is 5.78 Å². The Labute approximate surface area is 187 Å². The van der Waals surface area contributed by atoms with Crippen molar-refractivity contribution in [2.75, 3.05) is 20.1 Å². The van der Waals surface area contributed by atoms with Crippen LogP contribution in [-0.2, 0) is 12.8 Å². The quantitative estimate of drug-likeness (QED) is 0.557. The summed E-state index contributed by atoms with van der Waals surface area (Å²) in [7, 11) is 2.15. The van der Waals surface area contributed by atoms with Crippen LogP contribution in [0.5, 0.6) is 0 Å². The normalized spacial score (nSPS) is 25.2. The molecule has 2 heterocycles. The molecule has 154 valence electrons. The molecule has 1 saturated heterocycles. The number of ketones is 1. The van der Waals surface area contributed by atoms with Crippen molar-refractivity contribution in [1.29, 1.82) is 0 Å². The molecule has 2 unspecified atom stereocenters. The lowest BCUT2D eigenvalue weighted by molar-refractivity contribution is 0.0703. The molecule has 4 nitrogen and oxygen atoms in total. The molecule has 1 aromatic heterocycles. The van der Waals surface area contributed by atoms with Gasteiger partial charge < -0.3 is 4.90 Å².